The van der Waals surface area contributed by atoms with Crippen LogP contribution in [0.5, 0.6) is 5.75 Å². The maximum atomic E-state index is 13.0. The van der Waals surface area contributed by atoms with E-state index < -0.39 is 29.9 Å². The molecule has 0 amide bonds. The molecule has 0 saturated carbocycles. The van der Waals surface area contributed by atoms with Gasteiger partial charge in [-0.05, 0) is 37.3 Å². The van der Waals surface area contributed by atoms with Crippen molar-refractivity contribution in [3.05, 3.63) is 89.0 Å². The molecule has 8 heteroatoms. The summed E-state index contributed by atoms with van der Waals surface area (Å²) >= 11 is 0. The van der Waals surface area contributed by atoms with Crippen LogP contribution in [-0.2, 0) is 14.3 Å². The molecule has 1 aromatic heterocycles. The summed E-state index contributed by atoms with van der Waals surface area (Å²) in [7, 11) is 0. The fourth-order valence-electron chi connectivity index (χ4n) is 4.42. The topological polar surface area (TPSA) is 125 Å². The Balaban J connectivity index is 1.56. The number of nitriles is 1. The summed E-state index contributed by atoms with van der Waals surface area (Å²) in [5, 5.41) is 9.82. The van der Waals surface area contributed by atoms with Crippen molar-refractivity contribution in [2.24, 2.45) is 11.7 Å². The largest absolute Gasteiger partial charge is 0.469 e. The minimum atomic E-state index is -0.860. The second-order valence-corrected chi connectivity index (χ2v) is 7.89. The molecule has 0 aliphatic carbocycles. The van der Waals surface area contributed by atoms with Crippen molar-refractivity contribution in [1.82, 2.24) is 0 Å². The molecule has 8 nitrogen and oxygen atoms in total. The second-order valence-electron chi connectivity index (χ2n) is 7.89. The fraction of sp³-hybridized carbons (Fsp3) is 0.192. The summed E-state index contributed by atoms with van der Waals surface area (Å²) in [6, 6.07) is 19.4. The van der Waals surface area contributed by atoms with Crippen molar-refractivity contribution in [3.63, 3.8) is 0 Å². The van der Waals surface area contributed by atoms with Gasteiger partial charge in [0.05, 0.1) is 18.1 Å². The van der Waals surface area contributed by atoms with E-state index in [-0.39, 0.29) is 18.1 Å². The summed E-state index contributed by atoms with van der Waals surface area (Å²) < 4.78 is 22.6. The molecule has 2 aliphatic rings. The van der Waals surface area contributed by atoms with E-state index in [0.717, 1.165) is 0 Å². The Hall–Kier alpha value is -4.51. The van der Waals surface area contributed by atoms with Gasteiger partial charge < -0.3 is 24.4 Å². The zero-order valence-corrected chi connectivity index (χ0v) is 18.2. The molecule has 0 unspecified atom stereocenters. The van der Waals surface area contributed by atoms with E-state index >= 15 is 0 Å². The number of nitrogens with zero attached hydrogens (tertiary/aromatic N) is 1. The number of hydrogen-bond donors (Lipinski definition) is 1. The molecular formula is C26H20N2O6. The number of nitrogens with two attached hydrogens (primary N) is 1. The number of hydrogen-bond acceptors (Lipinski definition) is 8. The van der Waals surface area contributed by atoms with E-state index in [1.54, 1.807) is 61.5 Å². The number of rotatable bonds is 4. The van der Waals surface area contributed by atoms with Gasteiger partial charge >= 0.3 is 11.9 Å². The van der Waals surface area contributed by atoms with Gasteiger partial charge in [0.1, 0.15) is 40.9 Å². The molecule has 2 aromatic carbocycles. The van der Waals surface area contributed by atoms with Gasteiger partial charge in [-0.15, -0.1) is 0 Å². The number of allylic oxidation sites excluding steroid dienone is 1. The molecule has 0 bridgehead atoms. The van der Waals surface area contributed by atoms with Gasteiger partial charge in [-0.2, -0.15) is 5.26 Å². The van der Waals surface area contributed by atoms with Gasteiger partial charge in [-0.3, -0.25) is 4.79 Å². The molecule has 3 aromatic rings. The van der Waals surface area contributed by atoms with Crippen LogP contribution >= 0.6 is 0 Å². The molecule has 3 atom stereocenters. The molecular weight excluding hydrogens is 436 g/mol. The van der Waals surface area contributed by atoms with Crippen LogP contribution < -0.4 is 10.5 Å². The summed E-state index contributed by atoms with van der Waals surface area (Å²) in [5.74, 6) is -1.45. The van der Waals surface area contributed by atoms with Gasteiger partial charge in [0.2, 0.25) is 0 Å². The standard InChI is InChI=1S/C26H20N2O6/c1-2-31-25(29)15-7-5-6-14(12-15)18-10-11-20(32-18)21-17(13-27)24(28)34-23-16-8-3-4-9-19(16)33-26(30)22(21)23/h3-12,21-23H,2,28H2,1H3/t21-,22+,23-/m0/s1. The third kappa shape index (κ3) is 3.48. The Kier molecular flexibility index (Phi) is 5.30. The lowest BCUT2D eigenvalue weighted by atomic mass is 9.76. The van der Waals surface area contributed by atoms with Gasteiger partial charge in [-0.25, -0.2) is 4.79 Å². The first kappa shape index (κ1) is 21.3. The predicted octanol–water partition coefficient (Wildman–Crippen LogP) is 4.21. The third-order valence-electron chi connectivity index (χ3n) is 5.94. The predicted molar refractivity (Wildman–Crippen MR) is 119 cm³/mol. The summed E-state index contributed by atoms with van der Waals surface area (Å²) in [6.45, 7) is 2.01. The van der Waals surface area contributed by atoms with Crippen LogP contribution in [0, 0.1) is 17.2 Å². The molecule has 0 saturated heterocycles. The molecule has 0 fully saturated rings. The lowest BCUT2D eigenvalue weighted by Crippen LogP contribution is -2.41. The van der Waals surface area contributed by atoms with Crippen LogP contribution in [0.15, 0.2) is 76.5 Å². The lowest BCUT2D eigenvalue weighted by Gasteiger charge is -2.39. The maximum absolute atomic E-state index is 13.0. The Bertz CT molecular complexity index is 1370. The Morgan fingerprint density at radius 1 is 1.15 bits per heavy atom. The first-order valence-corrected chi connectivity index (χ1v) is 10.8. The summed E-state index contributed by atoms with van der Waals surface area (Å²) in [4.78, 5) is 25.2. The minimum absolute atomic E-state index is 0.0551. The molecule has 170 valence electrons. The van der Waals surface area contributed by atoms with Crippen LogP contribution in [0.3, 0.4) is 0 Å². The Labute approximate surface area is 195 Å². The number of fused-ring (bicyclic) bond motifs is 3. The number of ether oxygens (including phenoxy) is 3. The van der Waals surface area contributed by atoms with Crippen LogP contribution in [0.4, 0.5) is 0 Å². The average molecular weight is 456 g/mol. The minimum Gasteiger partial charge on any atom is -0.469 e. The van der Waals surface area contributed by atoms with Gasteiger partial charge in [0, 0.05) is 11.1 Å². The number of esters is 2. The molecule has 0 spiro atoms. The SMILES string of the molecule is CCOC(=O)c1cccc(-c2ccc([C@@H]3C(C#N)=C(N)O[C@H]4c5ccccc5OC(=O)[C@@H]43)o2)c1. The van der Waals surface area contributed by atoms with Crippen molar-refractivity contribution in [3.8, 4) is 23.1 Å². The van der Waals surface area contributed by atoms with Crippen molar-refractivity contribution in [1.29, 1.82) is 5.26 Å². The Morgan fingerprint density at radius 2 is 1.97 bits per heavy atom. The highest BCUT2D eigenvalue weighted by Gasteiger charge is 2.51. The summed E-state index contributed by atoms with van der Waals surface area (Å²) in [6.07, 6.45) is -0.722. The number of furan rings is 1. The molecule has 0 radical (unpaired) electrons. The molecule has 5 rings (SSSR count). The van der Waals surface area contributed by atoms with Crippen LogP contribution in [-0.4, -0.2) is 18.5 Å². The van der Waals surface area contributed by atoms with Crippen LogP contribution in [0.2, 0.25) is 0 Å². The van der Waals surface area contributed by atoms with E-state index in [1.165, 1.54) is 0 Å². The molecule has 3 heterocycles. The lowest BCUT2D eigenvalue weighted by molar-refractivity contribution is -0.149. The van der Waals surface area contributed by atoms with E-state index in [0.29, 0.717) is 34.0 Å². The fourth-order valence-corrected chi connectivity index (χ4v) is 4.42. The van der Waals surface area contributed by atoms with E-state index in [4.69, 9.17) is 24.4 Å². The molecule has 34 heavy (non-hydrogen) atoms. The highest BCUT2D eigenvalue weighted by molar-refractivity contribution is 5.90. The van der Waals surface area contributed by atoms with Gasteiger partial charge in [-0.1, -0.05) is 30.3 Å². The normalized spacial score (nSPS) is 20.9. The van der Waals surface area contributed by atoms with Crippen molar-refractivity contribution >= 4 is 11.9 Å². The number of para-hydroxylation sites is 1. The highest BCUT2D eigenvalue weighted by atomic mass is 16.6. The summed E-state index contributed by atoms with van der Waals surface area (Å²) in [5.41, 5.74) is 7.92. The van der Waals surface area contributed by atoms with Gasteiger partial charge in [0.15, 0.2) is 5.88 Å². The maximum Gasteiger partial charge on any atom is 0.338 e. The smallest absolute Gasteiger partial charge is 0.338 e. The van der Waals surface area contributed by atoms with Gasteiger partial charge in [0.25, 0.3) is 0 Å². The van der Waals surface area contributed by atoms with Crippen molar-refractivity contribution in [2.45, 2.75) is 18.9 Å². The quantitative estimate of drug-likeness (QED) is 0.457. The monoisotopic (exact) mass is 456 g/mol. The van der Waals surface area contributed by atoms with Crippen molar-refractivity contribution < 1.29 is 28.2 Å². The van der Waals surface area contributed by atoms with Crippen molar-refractivity contribution in [2.75, 3.05) is 6.61 Å². The first-order chi connectivity index (χ1) is 16.5. The zero-order chi connectivity index (χ0) is 23.8. The average Bonchev–Trinajstić information content (AvgIpc) is 3.33. The number of carbonyl (C=O) groups excluding carboxylic acids is 2. The highest BCUT2D eigenvalue weighted by Crippen LogP contribution is 2.51. The second kappa shape index (κ2) is 8.45. The van der Waals surface area contributed by atoms with Crippen LogP contribution in [0.25, 0.3) is 11.3 Å². The molecule has 2 N–H and O–H groups in total. The van der Waals surface area contributed by atoms with E-state index in [2.05, 4.69) is 6.07 Å². The number of carbonyl (C=O) groups is 2. The Morgan fingerprint density at radius 3 is 2.76 bits per heavy atom. The third-order valence-corrected chi connectivity index (χ3v) is 5.94. The molecule has 2 aliphatic heterocycles. The van der Waals surface area contributed by atoms with E-state index in [1.807, 2.05) is 6.07 Å². The van der Waals surface area contributed by atoms with E-state index in [9.17, 15) is 14.9 Å². The zero-order valence-electron chi connectivity index (χ0n) is 18.2. The first-order valence-electron chi connectivity index (χ1n) is 10.8. The van der Waals surface area contributed by atoms with Crippen LogP contribution in [0.1, 0.15) is 40.6 Å². The number of benzene rings is 2.